The van der Waals surface area contributed by atoms with Gasteiger partial charge in [-0.2, -0.15) is 0 Å². The number of allylic oxidation sites excluding steroid dienone is 1. The zero-order valence-corrected chi connectivity index (χ0v) is 18.6. The van der Waals surface area contributed by atoms with Gasteiger partial charge in [-0.05, 0) is 79.9 Å². The van der Waals surface area contributed by atoms with Crippen molar-refractivity contribution in [2.45, 2.75) is 64.3 Å². The second-order valence-corrected chi connectivity index (χ2v) is 9.86. The zero-order chi connectivity index (χ0) is 21.3. The van der Waals surface area contributed by atoms with Crippen LogP contribution in [0.4, 0.5) is 0 Å². The second kappa shape index (κ2) is 8.95. The van der Waals surface area contributed by atoms with Gasteiger partial charge in [0.2, 0.25) is 6.29 Å². The highest BCUT2D eigenvalue weighted by Crippen LogP contribution is 2.58. The molecular weight excluding hydrogens is 390 g/mol. The summed E-state index contributed by atoms with van der Waals surface area (Å²) in [4.78, 5) is 4.06. The molecule has 3 heterocycles. The van der Waals surface area contributed by atoms with Crippen LogP contribution in [0.25, 0.3) is 0 Å². The molecule has 168 valence electrons. The van der Waals surface area contributed by atoms with Crippen molar-refractivity contribution in [2.75, 3.05) is 19.8 Å². The van der Waals surface area contributed by atoms with E-state index < -0.39 is 0 Å². The molecule has 1 aromatic rings. The van der Waals surface area contributed by atoms with E-state index in [1.54, 1.807) is 12.4 Å². The van der Waals surface area contributed by atoms with Crippen molar-refractivity contribution in [3.05, 3.63) is 48.5 Å². The summed E-state index contributed by atoms with van der Waals surface area (Å²) in [5, 5.41) is 0. The van der Waals surface area contributed by atoms with Gasteiger partial charge < -0.3 is 18.9 Å². The molecule has 5 atom stereocenters. The highest BCUT2D eigenvalue weighted by Gasteiger charge is 2.52. The maximum Gasteiger partial charge on any atom is 0.202 e. The van der Waals surface area contributed by atoms with Gasteiger partial charge in [0.1, 0.15) is 5.75 Å². The Morgan fingerprint density at radius 1 is 1.16 bits per heavy atom. The lowest BCUT2D eigenvalue weighted by Crippen LogP contribution is -2.50. The molecule has 0 bridgehead atoms. The quantitative estimate of drug-likeness (QED) is 0.600. The molecule has 0 spiro atoms. The number of aromatic nitrogens is 1. The average molecular weight is 426 g/mol. The third kappa shape index (κ3) is 4.14. The summed E-state index contributed by atoms with van der Waals surface area (Å²) in [6, 6.07) is 3.84. The fourth-order valence-corrected chi connectivity index (χ4v) is 6.39. The van der Waals surface area contributed by atoms with Crippen LogP contribution in [0.2, 0.25) is 0 Å². The Bertz CT molecular complexity index is 803. The van der Waals surface area contributed by atoms with Crippen LogP contribution in [0.5, 0.6) is 5.75 Å². The minimum absolute atomic E-state index is 0.106. The van der Waals surface area contributed by atoms with E-state index in [0.717, 1.165) is 57.5 Å². The van der Waals surface area contributed by atoms with Crippen LogP contribution in [0, 0.1) is 23.2 Å². The fraction of sp³-hybridized carbons (Fsp3) is 0.654. The van der Waals surface area contributed by atoms with E-state index >= 15 is 0 Å². The van der Waals surface area contributed by atoms with E-state index in [-0.39, 0.29) is 17.8 Å². The Hall–Kier alpha value is -1.85. The van der Waals surface area contributed by atoms with Crippen LogP contribution in [0.15, 0.2) is 48.5 Å². The minimum atomic E-state index is -0.106. The third-order valence-corrected chi connectivity index (χ3v) is 8.17. The molecule has 5 rings (SSSR count). The van der Waals surface area contributed by atoms with Crippen LogP contribution in [-0.4, -0.2) is 37.2 Å². The first-order chi connectivity index (χ1) is 15.1. The Labute approximate surface area is 185 Å². The summed E-state index contributed by atoms with van der Waals surface area (Å²) in [5.41, 5.74) is 2.95. The zero-order valence-electron chi connectivity index (χ0n) is 18.6. The summed E-state index contributed by atoms with van der Waals surface area (Å²) in [6.07, 6.45) is 13.2. The van der Waals surface area contributed by atoms with Crippen molar-refractivity contribution in [3.8, 4) is 5.75 Å². The second-order valence-electron chi connectivity index (χ2n) is 9.86. The molecule has 1 saturated heterocycles. The van der Waals surface area contributed by atoms with Gasteiger partial charge in [0.05, 0.1) is 19.0 Å². The largest absolute Gasteiger partial charge is 0.493 e. The van der Waals surface area contributed by atoms with Crippen LogP contribution in [-0.2, 0) is 14.2 Å². The van der Waals surface area contributed by atoms with Crippen molar-refractivity contribution in [1.82, 2.24) is 4.98 Å². The van der Waals surface area contributed by atoms with E-state index in [9.17, 15) is 0 Å². The summed E-state index contributed by atoms with van der Waals surface area (Å²) in [6.45, 7) is 9.28. The summed E-state index contributed by atoms with van der Waals surface area (Å²) in [7, 11) is 0. The van der Waals surface area contributed by atoms with Gasteiger partial charge >= 0.3 is 0 Å². The highest BCUT2D eigenvalue weighted by molar-refractivity contribution is 5.26. The molecule has 31 heavy (non-hydrogen) atoms. The van der Waals surface area contributed by atoms with Crippen LogP contribution in [0.3, 0.4) is 0 Å². The van der Waals surface area contributed by atoms with Crippen molar-refractivity contribution < 1.29 is 18.9 Å². The van der Waals surface area contributed by atoms with Gasteiger partial charge in [-0.25, -0.2) is 0 Å². The fourth-order valence-electron chi connectivity index (χ4n) is 6.39. The van der Waals surface area contributed by atoms with Crippen LogP contribution >= 0.6 is 0 Å². The van der Waals surface area contributed by atoms with Crippen LogP contribution in [0.1, 0.15) is 51.9 Å². The lowest BCUT2D eigenvalue weighted by atomic mass is 9.52. The maximum atomic E-state index is 6.53. The van der Waals surface area contributed by atoms with Gasteiger partial charge in [-0.15, -0.1) is 0 Å². The topological polar surface area (TPSA) is 49.8 Å². The normalized spacial score (nSPS) is 36.0. The number of nitrogens with zero attached hydrogens (tertiary/aromatic N) is 1. The molecule has 3 fully saturated rings. The molecule has 1 aromatic heterocycles. The number of rotatable bonds is 5. The molecule has 5 nitrogen and oxygen atoms in total. The van der Waals surface area contributed by atoms with E-state index in [1.807, 2.05) is 12.1 Å². The van der Waals surface area contributed by atoms with Crippen molar-refractivity contribution in [2.24, 2.45) is 23.2 Å². The van der Waals surface area contributed by atoms with Gasteiger partial charge in [0.25, 0.3) is 0 Å². The van der Waals surface area contributed by atoms with Gasteiger partial charge in [0, 0.05) is 31.5 Å². The molecule has 2 aliphatic carbocycles. The Morgan fingerprint density at radius 2 is 1.97 bits per heavy atom. The van der Waals surface area contributed by atoms with Crippen molar-refractivity contribution in [1.29, 1.82) is 0 Å². The van der Waals surface area contributed by atoms with E-state index in [2.05, 4.69) is 24.7 Å². The Morgan fingerprint density at radius 3 is 2.77 bits per heavy atom. The Balaban J connectivity index is 1.27. The Kier molecular flexibility index (Phi) is 6.07. The number of hydrogen-bond acceptors (Lipinski definition) is 5. The summed E-state index contributed by atoms with van der Waals surface area (Å²) < 4.78 is 24.2. The predicted molar refractivity (Wildman–Crippen MR) is 118 cm³/mol. The molecule has 4 aliphatic rings. The number of fused-ring (bicyclic) bond motifs is 3. The van der Waals surface area contributed by atoms with Gasteiger partial charge in [-0.3, -0.25) is 4.98 Å². The summed E-state index contributed by atoms with van der Waals surface area (Å²) in [5.74, 6) is 2.29. The van der Waals surface area contributed by atoms with Crippen molar-refractivity contribution in [3.63, 3.8) is 0 Å². The molecule has 0 radical (unpaired) electrons. The van der Waals surface area contributed by atoms with Gasteiger partial charge in [0.15, 0.2) is 0 Å². The van der Waals surface area contributed by atoms with E-state index in [1.165, 1.54) is 17.6 Å². The molecule has 0 N–H and O–H groups in total. The molecular formula is C26H35NO4. The lowest BCUT2D eigenvalue weighted by molar-refractivity contribution is -0.204. The number of ether oxygens (including phenoxy) is 4. The standard InChI is InChI=1S/C26H35NO4/c1-18-3-4-23-21-17-30-25(19-8-14-28-15-9-19)31-24(21)5-11-26(23,2)22(18)10-16-29-20-6-12-27-13-7-20/h6-7,12-13,17,19,22-25H,1,3-5,8-11,14-16H2,2H3/t22-,23?,24-,25-,26+/m1/s1. The molecule has 2 saturated carbocycles. The minimum Gasteiger partial charge on any atom is -0.493 e. The third-order valence-electron chi connectivity index (χ3n) is 8.17. The molecule has 0 aromatic carbocycles. The number of hydrogen-bond donors (Lipinski definition) is 0. The molecule has 0 amide bonds. The van der Waals surface area contributed by atoms with E-state index in [0.29, 0.717) is 24.4 Å². The maximum absolute atomic E-state index is 6.53. The first kappa shape index (κ1) is 21.0. The lowest BCUT2D eigenvalue weighted by Gasteiger charge is -2.55. The van der Waals surface area contributed by atoms with Crippen LogP contribution < -0.4 is 4.74 Å². The smallest absolute Gasteiger partial charge is 0.202 e. The first-order valence-corrected chi connectivity index (χ1v) is 11.9. The molecule has 1 unspecified atom stereocenters. The van der Waals surface area contributed by atoms with Crippen molar-refractivity contribution >= 4 is 0 Å². The first-order valence-electron chi connectivity index (χ1n) is 11.9. The molecule has 2 aliphatic heterocycles. The van der Waals surface area contributed by atoms with Gasteiger partial charge in [-0.1, -0.05) is 19.1 Å². The monoisotopic (exact) mass is 425 g/mol. The molecule has 5 heteroatoms. The average Bonchev–Trinajstić information content (AvgIpc) is 2.81. The SMILES string of the molecule is C=C1CCC2C3=CO[C@@H](C4CCOCC4)O[C@@H]3CC[C@@]2(C)[C@@H]1CCOc1ccncc1. The highest BCUT2D eigenvalue weighted by atomic mass is 16.7. The predicted octanol–water partition coefficient (Wildman–Crippen LogP) is 5.29. The number of pyridine rings is 1. The van der Waals surface area contributed by atoms with E-state index in [4.69, 9.17) is 18.9 Å². The summed E-state index contributed by atoms with van der Waals surface area (Å²) >= 11 is 0.